The molecule has 0 amide bonds. The van der Waals surface area contributed by atoms with Crippen molar-refractivity contribution in [1.82, 2.24) is 5.12 Å². The normalized spacial score (nSPS) is 13.8. The van der Waals surface area contributed by atoms with Gasteiger partial charge in [0, 0.05) is 0 Å². The molecule has 1 aliphatic rings. The van der Waals surface area contributed by atoms with Crippen LogP contribution in [0.5, 0.6) is 0 Å². The maximum absolute atomic E-state index is 3.45. The minimum absolute atomic E-state index is 0.744. The summed E-state index contributed by atoms with van der Waals surface area (Å²) < 4.78 is 2.21. The zero-order valence-corrected chi connectivity index (χ0v) is 13.3. The van der Waals surface area contributed by atoms with Gasteiger partial charge in [-0.05, 0) is 41.5 Å². The Kier molecular flexibility index (Phi) is 3.86. The summed E-state index contributed by atoms with van der Waals surface area (Å²) in [7, 11) is 0. The molecule has 0 atom stereocenters. The molecule has 0 unspecified atom stereocenters. The van der Waals surface area contributed by atoms with Crippen LogP contribution in [-0.4, -0.2) is 22.7 Å². The van der Waals surface area contributed by atoms with Gasteiger partial charge in [0.25, 0.3) is 6.34 Å². The summed E-state index contributed by atoms with van der Waals surface area (Å²) in [5, 5.41) is 4.22. The van der Waals surface area contributed by atoms with E-state index in [2.05, 4.69) is 82.0 Å². The van der Waals surface area contributed by atoms with Crippen molar-refractivity contribution in [2.45, 2.75) is 0 Å². The minimum atomic E-state index is 0.744. The van der Waals surface area contributed by atoms with E-state index in [0.29, 0.717) is 0 Å². The summed E-state index contributed by atoms with van der Waals surface area (Å²) in [6.45, 7) is 0.744. The van der Waals surface area contributed by atoms with Crippen LogP contribution in [0.25, 0.3) is 0 Å². The molecule has 3 aromatic rings. The Hall–Kier alpha value is -3.27. The SMILES string of the molecule is C1=[N+](c2ccccc2)CN(c2ccccc2)N1Nc1ccccc1. The lowest BCUT2D eigenvalue weighted by Gasteiger charge is -2.21. The Bertz CT molecular complexity index is 816. The summed E-state index contributed by atoms with van der Waals surface area (Å²) >= 11 is 0. The van der Waals surface area contributed by atoms with Crippen LogP contribution in [0.4, 0.5) is 17.1 Å². The fourth-order valence-corrected chi connectivity index (χ4v) is 2.75. The Morgan fingerprint density at radius 1 is 0.708 bits per heavy atom. The monoisotopic (exact) mass is 315 g/mol. The molecule has 0 aliphatic carbocycles. The van der Waals surface area contributed by atoms with Crippen LogP contribution < -0.4 is 10.4 Å². The van der Waals surface area contributed by atoms with E-state index in [4.69, 9.17) is 0 Å². The van der Waals surface area contributed by atoms with Crippen LogP contribution in [0.1, 0.15) is 0 Å². The van der Waals surface area contributed by atoms with Gasteiger partial charge in [-0.1, -0.05) is 54.6 Å². The smallest absolute Gasteiger partial charge is 0.208 e. The number of hydrogen-bond acceptors (Lipinski definition) is 3. The van der Waals surface area contributed by atoms with Gasteiger partial charge in [-0.3, -0.25) is 0 Å². The first-order chi connectivity index (χ1) is 11.9. The van der Waals surface area contributed by atoms with Crippen LogP contribution >= 0.6 is 0 Å². The number of nitrogens with zero attached hydrogens (tertiary/aromatic N) is 3. The van der Waals surface area contributed by atoms with Crippen LogP contribution in [0.3, 0.4) is 0 Å². The minimum Gasteiger partial charge on any atom is -0.208 e. The van der Waals surface area contributed by atoms with Crippen molar-refractivity contribution in [3.8, 4) is 0 Å². The molecule has 0 spiro atoms. The Morgan fingerprint density at radius 2 is 1.29 bits per heavy atom. The number of nitrogens with one attached hydrogen (secondary N) is 1. The van der Waals surface area contributed by atoms with Gasteiger partial charge in [0.15, 0.2) is 0 Å². The number of para-hydroxylation sites is 3. The van der Waals surface area contributed by atoms with Crippen molar-refractivity contribution in [2.24, 2.45) is 0 Å². The molecule has 1 aliphatic heterocycles. The number of hydrazine groups is 2. The molecule has 24 heavy (non-hydrogen) atoms. The molecule has 1 heterocycles. The number of rotatable bonds is 4. The second-order valence-corrected chi connectivity index (χ2v) is 5.62. The second kappa shape index (κ2) is 6.46. The predicted molar refractivity (Wildman–Crippen MR) is 98.1 cm³/mol. The van der Waals surface area contributed by atoms with Crippen molar-refractivity contribution in [3.05, 3.63) is 91.0 Å². The molecule has 4 rings (SSSR count). The molecule has 0 saturated heterocycles. The summed E-state index contributed by atoms with van der Waals surface area (Å²) in [4.78, 5) is 0. The standard InChI is InChI=1S/C20H19N4/c1-4-10-18(11-5-1)21-24-17-22(19-12-6-2-7-13-19)16-23(24)20-14-8-3-9-15-20/h1-15,17,21H,16H2/q+1. The molecular formula is C20H19N4+. The molecule has 0 aromatic heterocycles. The van der Waals surface area contributed by atoms with Crippen molar-refractivity contribution >= 4 is 23.4 Å². The molecule has 0 fully saturated rings. The molecule has 0 bridgehead atoms. The number of hydrogen-bond donors (Lipinski definition) is 1. The molecule has 3 aromatic carbocycles. The molecule has 0 radical (unpaired) electrons. The van der Waals surface area contributed by atoms with Gasteiger partial charge < -0.3 is 0 Å². The third kappa shape index (κ3) is 2.94. The van der Waals surface area contributed by atoms with Crippen LogP contribution in [0, 0.1) is 0 Å². The highest BCUT2D eigenvalue weighted by Gasteiger charge is 2.31. The maximum atomic E-state index is 3.45. The molecule has 1 N–H and O–H groups in total. The van der Waals surface area contributed by atoms with E-state index in [1.165, 1.54) is 0 Å². The average molecular weight is 315 g/mol. The van der Waals surface area contributed by atoms with Gasteiger partial charge in [0.2, 0.25) is 6.67 Å². The third-order valence-corrected chi connectivity index (χ3v) is 3.95. The molecule has 118 valence electrons. The van der Waals surface area contributed by atoms with E-state index >= 15 is 0 Å². The molecule has 4 heteroatoms. The lowest BCUT2D eigenvalue weighted by Crippen LogP contribution is -2.41. The largest absolute Gasteiger partial charge is 0.290 e. The number of anilines is 2. The maximum Gasteiger partial charge on any atom is 0.290 e. The lowest BCUT2D eigenvalue weighted by molar-refractivity contribution is -0.425. The fraction of sp³-hybridized carbons (Fsp3) is 0.0500. The van der Waals surface area contributed by atoms with Gasteiger partial charge >= 0.3 is 0 Å². The summed E-state index contributed by atoms with van der Waals surface area (Å²) in [6.07, 6.45) is 2.08. The first-order valence-corrected chi connectivity index (χ1v) is 8.00. The highest BCUT2D eigenvalue weighted by Crippen LogP contribution is 2.23. The van der Waals surface area contributed by atoms with Crippen molar-refractivity contribution in [2.75, 3.05) is 17.1 Å². The number of benzene rings is 3. The quantitative estimate of drug-likeness (QED) is 0.733. The Balaban J connectivity index is 1.66. The zero-order chi connectivity index (χ0) is 16.2. The Labute approximate surface area is 141 Å². The third-order valence-electron chi connectivity index (χ3n) is 3.95. The van der Waals surface area contributed by atoms with Crippen LogP contribution in [-0.2, 0) is 0 Å². The van der Waals surface area contributed by atoms with Crippen molar-refractivity contribution in [1.29, 1.82) is 0 Å². The Morgan fingerprint density at radius 3 is 1.96 bits per heavy atom. The van der Waals surface area contributed by atoms with Gasteiger partial charge in [-0.25, -0.2) is 10.0 Å². The van der Waals surface area contributed by atoms with Gasteiger partial charge in [-0.2, -0.15) is 5.01 Å². The summed E-state index contributed by atoms with van der Waals surface area (Å²) in [6, 6.07) is 31.0. The van der Waals surface area contributed by atoms with Crippen molar-refractivity contribution in [3.63, 3.8) is 0 Å². The van der Waals surface area contributed by atoms with E-state index in [-0.39, 0.29) is 0 Å². The highest BCUT2D eigenvalue weighted by molar-refractivity contribution is 5.63. The van der Waals surface area contributed by atoms with Gasteiger partial charge in [0.05, 0.1) is 11.4 Å². The lowest BCUT2D eigenvalue weighted by atomic mass is 10.3. The highest BCUT2D eigenvalue weighted by atomic mass is 15.8. The van der Waals surface area contributed by atoms with Gasteiger partial charge in [-0.15, -0.1) is 0 Å². The second-order valence-electron chi connectivity index (χ2n) is 5.62. The van der Waals surface area contributed by atoms with E-state index in [1.807, 2.05) is 35.4 Å². The first-order valence-electron chi connectivity index (χ1n) is 8.00. The zero-order valence-electron chi connectivity index (χ0n) is 13.3. The summed E-state index contributed by atoms with van der Waals surface area (Å²) in [5.41, 5.74) is 6.79. The fourth-order valence-electron chi connectivity index (χ4n) is 2.75. The molecule has 0 saturated carbocycles. The topological polar surface area (TPSA) is 21.5 Å². The molecular weight excluding hydrogens is 296 g/mol. The van der Waals surface area contributed by atoms with Crippen LogP contribution in [0.15, 0.2) is 91.0 Å². The molecule has 4 nitrogen and oxygen atoms in total. The van der Waals surface area contributed by atoms with Crippen LogP contribution in [0.2, 0.25) is 0 Å². The first kappa shape index (κ1) is 14.3. The summed E-state index contributed by atoms with van der Waals surface area (Å²) in [5.74, 6) is 0. The van der Waals surface area contributed by atoms with E-state index in [0.717, 1.165) is 23.7 Å². The van der Waals surface area contributed by atoms with E-state index in [1.54, 1.807) is 0 Å². The van der Waals surface area contributed by atoms with E-state index in [9.17, 15) is 0 Å². The van der Waals surface area contributed by atoms with Crippen molar-refractivity contribution < 1.29 is 4.58 Å². The average Bonchev–Trinajstić information content (AvgIpc) is 3.08. The predicted octanol–water partition coefficient (Wildman–Crippen LogP) is 4.08. The van der Waals surface area contributed by atoms with E-state index < -0.39 is 0 Å². The van der Waals surface area contributed by atoms with Gasteiger partial charge in [0.1, 0.15) is 5.69 Å².